The number of halogens is 1. The van der Waals surface area contributed by atoms with Crippen molar-refractivity contribution in [3.05, 3.63) is 59.9 Å². The lowest BCUT2D eigenvalue weighted by atomic mass is 9.95. The number of anilines is 1. The van der Waals surface area contributed by atoms with E-state index in [1.54, 1.807) is 29.0 Å². The maximum atomic E-state index is 13.9. The van der Waals surface area contributed by atoms with Crippen molar-refractivity contribution in [1.29, 1.82) is 0 Å². The minimum Gasteiger partial charge on any atom is -0.494 e. The molecule has 1 aliphatic rings. The first-order valence-corrected chi connectivity index (χ1v) is 9.66. The van der Waals surface area contributed by atoms with Gasteiger partial charge in [0.05, 0.1) is 7.11 Å². The van der Waals surface area contributed by atoms with Crippen molar-refractivity contribution in [2.24, 2.45) is 5.92 Å². The molecule has 0 spiro atoms. The summed E-state index contributed by atoms with van der Waals surface area (Å²) in [5, 5.41) is 2.87. The molecule has 3 rings (SSSR count). The fraction of sp³-hybridized carbons (Fsp3) is 0.364. The van der Waals surface area contributed by atoms with Gasteiger partial charge in [0.15, 0.2) is 11.6 Å². The monoisotopic (exact) mass is 399 g/mol. The molecule has 1 saturated heterocycles. The summed E-state index contributed by atoms with van der Waals surface area (Å²) >= 11 is 0. The molecule has 0 atom stereocenters. The highest BCUT2D eigenvalue weighted by Gasteiger charge is 2.29. The van der Waals surface area contributed by atoms with Gasteiger partial charge in [0.2, 0.25) is 5.91 Å². The van der Waals surface area contributed by atoms with Gasteiger partial charge in [-0.25, -0.2) is 9.18 Å². The lowest BCUT2D eigenvalue weighted by Crippen LogP contribution is -2.44. The highest BCUT2D eigenvalue weighted by Crippen LogP contribution is 2.22. The second-order valence-corrected chi connectivity index (χ2v) is 7.22. The molecule has 0 aromatic heterocycles. The van der Waals surface area contributed by atoms with E-state index in [9.17, 15) is 14.0 Å². The van der Waals surface area contributed by atoms with Crippen LogP contribution in [0.15, 0.2) is 48.5 Å². The Balaban J connectivity index is 1.50. The van der Waals surface area contributed by atoms with E-state index in [1.165, 1.54) is 13.2 Å². The fourth-order valence-corrected chi connectivity index (χ4v) is 3.53. The molecule has 1 aliphatic heterocycles. The van der Waals surface area contributed by atoms with Gasteiger partial charge in [-0.15, -0.1) is 0 Å². The number of benzene rings is 2. The largest absolute Gasteiger partial charge is 0.494 e. The average molecular weight is 399 g/mol. The van der Waals surface area contributed by atoms with Crippen LogP contribution >= 0.6 is 0 Å². The van der Waals surface area contributed by atoms with E-state index in [0.29, 0.717) is 38.0 Å². The molecule has 2 aromatic carbocycles. The van der Waals surface area contributed by atoms with Crippen LogP contribution in [-0.2, 0) is 11.3 Å². The third kappa shape index (κ3) is 5.25. The van der Waals surface area contributed by atoms with Crippen LogP contribution in [0.2, 0.25) is 0 Å². The van der Waals surface area contributed by atoms with Gasteiger partial charge in [0, 0.05) is 38.3 Å². The molecular weight excluding hydrogens is 373 g/mol. The number of methoxy groups -OCH3 is 1. The summed E-state index contributed by atoms with van der Waals surface area (Å²) in [6, 6.07) is 13.9. The number of ether oxygens (including phenoxy) is 1. The Labute approximate surface area is 170 Å². The molecule has 0 bridgehead atoms. The highest BCUT2D eigenvalue weighted by molar-refractivity contribution is 5.89. The highest BCUT2D eigenvalue weighted by atomic mass is 19.1. The maximum absolute atomic E-state index is 13.9. The van der Waals surface area contributed by atoms with Crippen LogP contribution in [0.4, 0.5) is 14.9 Å². The molecule has 1 heterocycles. The van der Waals surface area contributed by atoms with Crippen LogP contribution in [0.25, 0.3) is 0 Å². The minimum atomic E-state index is -0.441. The number of urea groups is 1. The number of nitrogens with one attached hydrogen (secondary N) is 1. The van der Waals surface area contributed by atoms with E-state index >= 15 is 0 Å². The van der Waals surface area contributed by atoms with Crippen LogP contribution in [0.5, 0.6) is 5.75 Å². The predicted octanol–water partition coefficient (Wildman–Crippen LogP) is 3.74. The van der Waals surface area contributed by atoms with Crippen LogP contribution in [0.3, 0.4) is 0 Å². The van der Waals surface area contributed by atoms with Gasteiger partial charge in [0.25, 0.3) is 0 Å². The van der Waals surface area contributed by atoms with Crippen molar-refractivity contribution in [3.8, 4) is 5.75 Å². The third-order valence-electron chi connectivity index (χ3n) is 5.17. The Bertz CT molecular complexity index is 852. The van der Waals surface area contributed by atoms with Gasteiger partial charge in [0.1, 0.15) is 0 Å². The van der Waals surface area contributed by atoms with E-state index < -0.39 is 5.82 Å². The summed E-state index contributed by atoms with van der Waals surface area (Å²) in [5.74, 6) is -0.374. The van der Waals surface area contributed by atoms with Crippen LogP contribution < -0.4 is 10.1 Å². The van der Waals surface area contributed by atoms with Crippen molar-refractivity contribution < 1.29 is 18.7 Å². The van der Waals surface area contributed by atoms with Crippen molar-refractivity contribution in [1.82, 2.24) is 9.80 Å². The minimum absolute atomic E-state index is 0.0179. The zero-order valence-corrected chi connectivity index (χ0v) is 16.7. The van der Waals surface area contributed by atoms with Crippen molar-refractivity contribution in [3.63, 3.8) is 0 Å². The smallest absolute Gasteiger partial charge is 0.321 e. The number of likely N-dealkylation sites (tertiary alicyclic amines) is 1. The summed E-state index contributed by atoms with van der Waals surface area (Å²) in [5.41, 5.74) is 1.46. The van der Waals surface area contributed by atoms with Gasteiger partial charge in [-0.3, -0.25) is 4.79 Å². The number of amides is 3. The molecule has 2 aromatic rings. The van der Waals surface area contributed by atoms with Gasteiger partial charge < -0.3 is 19.9 Å². The second kappa shape index (κ2) is 9.41. The van der Waals surface area contributed by atoms with Crippen molar-refractivity contribution in [2.75, 3.05) is 32.6 Å². The summed E-state index contributed by atoms with van der Waals surface area (Å²) in [6.45, 7) is 1.38. The van der Waals surface area contributed by atoms with Crippen molar-refractivity contribution in [2.45, 2.75) is 19.4 Å². The third-order valence-corrected chi connectivity index (χ3v) is 5.17. The Kier molecular flexibility index (Phi) is 6.69. The Morgan fingerprint density at radius 2 is 1.86 bits per heavy atom. The number of hydrogen-bond donors (Lipinski definition) is 1. The van der Waals surface area contributed by atoms with E-state index in [1.807, 2.05) is 30.3 Å². The summed E-state index contributed by atoms with van der Waals surface area (Å²) in [6.07, 6.45) is 1.23. The molecule has 1 fully saturated rings. The van der Waals surface area contributed by atoms with Crippen LogP contribution in [0, 0.1) is 11.7 Å². The van der Waals surface area contributed by atoms with Crippen LogP contribution in [0.1, 0.15) is 18.4 Å². The van der Waals surface area contributed by atoms with Gasteiger partial charge in [-0.2, -0.15) is 0 Å². The average Bonchev–Trinajstić information content (AvgIpc) is 2.74. The van der Waals surface area contributed by atoms with Crippen LogP contribution in [-0.4, -0.2) is 49.0 Å². The first-order chi connectivity index (χ1) is 14.0. The molecular formula is C22H26FN3O3. The maximum Gasteiger partial charge on any atom is 0.321 e. The molecule has 1 N–H and O–H groups in total. The molecule has 6 nitrogen and oxygen atoms in total. The van der Waals surface area contributed by atoms with Crippen molar-refractivity contribution >= 4 is 17.6 Å². The molecule has 0 aliphatic carbocycles. The van der Waals surface area contributed by atoms with E-state index in [-0.39, 0.29) is 23.6 Å². The predicted molar refractivity (Wildman–Crippen MR) is 109 cm³/mol. The second-order valence-electron chi connectivity index (χ2n) is 7.22. The Hall–Kier alpha value is -3.09. The number of rotatable bonds is 5. The number of carbonyl (C=O) groups is 2. The zero-order chi connectivity index (χ0) is 20.8. The molecule has 3 amide bonds. The number of para-hydroxylation sites is 1. The molecule has 0 saturated carbocycles. The van der Waals surface area contributed by atoms with Gasteiger partial charge in [-0.1, -0.05) is 24.3 Å². The van der Waals surface area contributed by atoms with E-state index in [4.69, 9.17) is 4.74 Å². The Morgan fingerprint density at radius 1 is 1.17 bits per heavy atom. The standard InChI is InChI=1S/C22H26FN3O3/c1-25(15-16-8-9-20(29-2)19(23)14-16)21(27)17-10-12-26(13-11-17)22(28)24-18-6-4-3-5-7-18/h3-9,14,17H,10-13,15H2,1-2H3,(H,24,28). The lowest BCUT2D eigenvalue weighted by molar-refractivity contribution is -0.136. The first kappa shape index (κ1) is 20.6. The topological polar surface area (TPSA) is 61.9 Å². The molecule has 0 radical (unpaired) electrons. The Morgan fingerprint density at radius 3 is 2.48 bits per heavy atom. The number of carbonyl (C=O) groups excluding carboxylic acids is 2. The summed E-state index contributed by atoms with van der Waals surface area (Å²) < 4.78 is 18.8. The fourth-order valence-electron chi connectivity index (χ4n) is 3.53. The number of hydrogen-bond acceptors (Lipinski definition) is 3. The van der Waals surface area contributed by atoms with E-state index in [2.05, 4.69) is 5.32 Å². The molecule has 154 valence electrons. The molecule has 0 unspecified atom stereocenters. The van der Waals surface area contributed by atoms with Gasteiger partial charge >= 0.3 is 6.03 Å². The first-order valence-electron chi connectivity index (χ1n) is 9.66. The van der Waals surface area contributed by atoms with E-state index in [0.717, 1.165) is 5.69 Å². The number of piperidine rings is 1. The molecule has 29 heavy (non-hydrogen) atoms. The zero-order valence-electron chi connectivity index (χ0n) is 16.7. The summed E-state index contributed by atoms with van der Waals surface area (Å²) in [7, 11) is 3.14. The summed E-state index contributed by atoms with van der Waals surface area (Å²) in [4.78, 5) is 28.5. The SMILES string of the molecule is COc1ccc(CN(C)C(=O)C2CCN(C(=O)Nc3ccccc3)CC2)cc1F. The molecule has 7 heteroatoms. The van der Waals surface area contributed by atoms with Gasteiger partial charge in [-0.05, 0) is 42.7 Å². The lowest BCUT2D eigenvalue weighted by Gasteiger charge is -2.33. The normalized spacial score (nSPS) is 14.4. The quantitative estimate of drug-likeness (QED) is 0.833. The number of nitrogens with zero attached hydrogens (tertiary/aromatic N) is 2.